The van der Waals surface area contributed by atoms with Crippen molar-refractivity contribution < 1.29 is 4.79 Å². The molecule has 0 aromatic carbocycles. The van der Waals surface area contributed by atoms with Crippen molar-refractivity contribution in [1.29, 1.82) is 0 Å². The number of likely N-dealkylation sites (tertiary alicyclic amines) is 1. The molecular weight excluding hydrogens is 330 g/mol. The van der Waals surface area contributed by atoms with Gasteiger partial charge in [-0.1, -0.05) is 5.21 Å². The molecule has 2 aliphatic heterocycles. The minimum Gasteiger partial charge on any atom is -0.336 e. The Morgan fingerprint density at radius 2 is 2.04 bits per heavy atom. The van der Waals surface area contributed by atoms with E-state index in [0.717, 1.165) is 56.8 Å². The van der Waals surface area contributed by atoms with E-state index < -0.39 is 0 Å². The summed E-state index contributed by atoms with van der Waals surface area (Å²) in [5.41, 5.74) is 0.975. The van der Waals surface area contributed by atoms with Gasteiger partial charge in [0.2, 0.25) is 11.9 Å². The zero-order valence-corrected chi connectivity index (χ0v) is 15.2. The highest BCUT2D eigenvalue weighted by atomic mass is 16.2. The number of rotatable bonds is 4. The molecule has 0 radical (unpaired) electrons. The topological polar surface area (TPSA) is 80.0 Å². The van der Waals surface area contributed by atoms with Crippen molar-refractivity contribution in [1.82, 2.24) is 29.9 Å². The molecule has 2 aliphatic rings. The molecule has 1 amide bonds. The average Bonchev–Trinajstić information content (AvgIpc) is 3.33. The van der Waals surface area contributed by atoms with E-state index in [1.165, 1.54) is 0 Å². The van der Waals surface area contributed by atoms with Gasteiger partial charge in [0.05, 0.1) is 18.3 Å². The largest absolute Gasteiger partial charge is 0.336 e. The second-order valence-electron chi connectivity index (χ2n) is 7.15. The molecule has 4 heterocycles. The number of carbonyl (C=O) groups is 1. The van der Waals surface area contributed by atoms with E-state index in [0.29, 0.717) is 0 Å². The van der Waals surface area contributed by atoms with Gasteiger partial charge in [0.1, 0.15) is 6.54 Å². The van der Waals surface area contributed by atoms with Crippen LogP contribution in [0.4, 0.5) is 5.95 Å². The van der Waals surface area contributed by atoms with Gasteiger partial charge in [-0.2, -0.15) is 0 Å². The molecule has 0 spiro atoms. The summed E-state index contributed by atoms with van der Waals surface area (Å²) in [5, 5.41) is 7.73. The predicted octanol–water partition coefficient (Wildman–Crippen LogP) is 1.43. The molecule has 8 nitrogen and oxygen atoms in total. The SMILES string of the molecule is Cc1ccnc(N2CCCC2C2CCCCN2C(=O)Cn2ccnn2)n1. The first-order valence-corrected chi connectivity index (χ1v) is 9.42. The second-order valence-corrected chi connectivity index (χ2v) is 7.15. The monoisotopic (exact) mass is 355 g/mol. The van der Waals surface area contributed by atoms with Gasteiger partial charge in [0.15, 0.2) is 0 Å². The van der Waals surface area contributed by atoms with Gasteiger partial charge in [0, 0.05) is 31.2 Å². The van der Waals surface area contributed by atoms with E-state index in [1.807, 2.05) is 19.2 Å². The molecule has 4 rings (SSSR count). The summed E-state index contributed by atoms with van der Waals surface area (Å²) in [7, 11) is 0. The van der Waals surface area contributed by atoms with Gasteiger partial charge in [-0.15, -0.1) is 5.10 Å². The number of aryl methyl sites for hydroxylation is 1. The van der Waals surface area contributed by atoms with Crippen molar-refractivity contribution in [2.45, 2.75) is 57.7 Å². The second kappa shape index (κ2) is 7.39. The molecule has 0 N–H and O–H groups in total. The average molecular weight is 355 g/mol. The molecule has 2 unspecified atom stereocenters. The molecule has 0 aliphatic carbocycles. The molecule has 2 fully saturated rings. The standard InChI is InChI=1S/C18H25N7O/c1-14-7-8-19-18(21-14)25-11-4-6-16(25)15-5-2-3-10-24(15)17(26)13-23-12-9-20-22-23/h7-9,12,15-16H,2-6,10-11,13H2,1H3. The molecule has 138 valence electrons. The van der Waals surface area contributed by atoms with Gasteiger partial charge >= 0.3 is 0 Å². The maximum absolute atomic E-state index is 12.9. The number of anilines is 1. The molecule has 2 atom stereocenters. The van der Waals surface area contributed by atoms with Crippen LogP contribution >= 0.6 is 0 Å². The zero-order chi connectivity index (χ0) is 17.9. The highest BCUT2D eigenvalue weighted by Crippen LogP contribution is 2.31. The molecular formula is C18H25N7O. The fourth-order valence-electron chi connectivity index (χ4n) is 4.23. The van der Waals surface area contributed by atoms with Crippen LogP contribution in [0.15, 0.2) is 24.7 Å². The van der Waals surface area contributed by atoms with Crippen LogP contribution in [0.3, 0.4) is 0 Å². The van der Waals surface area contributed by atoms with Gasteiger partial charge in [0.25, 0.3) is 0 Å². The van der Waals surface area contributed by atoms with Crippen LogP contribution in [0.1, 0.15) is 37.8 Å². The van der Waals surface area contributed by atoms with Crippen LogP contribution in [0.25, 0.3) is 0 Å². The van der Waals surface area contributed by atoms with Crippen molar-refractivity contribution in [3.63, 3.8) is 0 Å². The number of piperidine rings is 1. The number of amides is 1. The minimum atomic E-state index is 0.122. The number of aromatic nitrogens is 5. The van der Waals surface area contributed by atoms with Gasteiger partial charge in [-0.05, 0) is 45.1 Å². The van der Waals surface area contributed by atoms with Gasteiger partial charge in [-0.3, -0.25) is 4.79 Å². The highest BCUT2D eigenvalue weighted by Gasteiger charge is 2.39. The molecule has 2 aromatic rings. The van der Waals surface area contributed by atoms with E-state index in [-0.39, 0.29) is 24.5 Å². The Morgan fingerprint density at radius 1 is 1.15 bits per heavy atom. The lowest BCUT2D eigenvalue weighted by molar-refractivity contribution is -0.136. The summed E-state index contributed by atoms with van der Waals surface area (Å²) in [5.74, 6) is 0.916. The molecule has 8 heteroatoms. The van der Waals surface area contributed by atoms with Crippen LogP contribution < -0.4 is 4.90 Å². The summed E-state index contributed by atoms with van der Waals surface area (Å²) in [6.45, 7) is 4.02. The Hall–Kier alpha value is -2.51. The zero-order valence-electron chi connectivity index (χ0n) is 15.2. The summed E-state index contributed by atoms with van der Waals surface area (Å²) >= 11 is 0. The smallest absolute Gasteiger partial charge is 0.244 e. The predicted molar refractivity (Wildman–Crippen MR) is 96.5 cm³/mol. The first kappa shape index (κ1) is 16.9. The van der Waals surface area contributed by atoms with Crippen LogP contribution in [0, 0.1) is 6.92 Å². The van der Waals surface area contributed by atoms with Crippen molar-refractivity contribution in [2.24, 2.45) is 0 Å². The third kappa shape index (κ3) is 3.40. The first-order valence-electron chi connectivity index (χ1n) is 9.42. The Bertz CT molecular complexity index is 748. The van der Waals surface area contributed by atoms with E-state index in [2.05, 4.69) is 30.1 Å². The van der Waals surface area contributed by atoms with Crippen LogP contribution in [0.5, 0.6) is 0 Å². The van der Waals surface area contributed by atoms with Crippen molar-refractivity contribution >= 4 is 11.9 Å². The van der Waals surface area contributed by atoms with Crippen LogP contribution in [-0.4, -0.2) is 60.9 Å². The number of hydrogen-bond acceptors (Lipinski definition) is 6. The maximum atomic E-state index is 12.9. The Balaban J connectivity index is 1.54. The third-order valence-electron chi connectivity index (χ3n) is 5.42. The summed E-state index contributed by atoms with van der Waals surface area (Å²) < 4.78 is 1.60. The lowest BCUT2D eigenvalue weighted by atomic mass is 9.93. The van der Waals surface area contributed by atoms with E-state index in [4.69, 9.17) is 0 Å². The normalized spacial score (nSPS) is 23.4. The number of carbonyl (C=O) groups excluding carboxylic acids is 1. The number of hydrogen-bond donors (Lipinski definition) is 0. The number of nitrogens with zero attached hydrogens (tertiary/aromatic N) is 7. The molecule has 26 heavy (non-hydrogen) atoms. The van der Waals surface area contributed by atoms with Crippen molar-refractivity contribution in [3.05, 3.63) is 30.4 Å². The fourth-order valence-corrected chi connectivity index (χ4v) is 4.23. The van der Waals surface area contributed by atoms with E-state index in [1.54, 1.807) is 17.1 Å². The van der Waals surface area contributed by atoms with Crippen molar-refractivity contribution in [2.75, 3.05) is 18.0 Å². The first-order chi connectivity index (χ1) is 12.7. The highest BCUT2D eigenvalue weighted by molar-refractivity contribution is 5.76. The third-order valence-corrected chi connectivity index (χ3v) is 5.42. The maximum Gasteiger partial charge on any atom is 0.244 e. The Morgan fingerprint density at radius 3 is 2.85 bits per heavy atom. The van der Waals surface area contributed by atoms with Gasteiger partial charge < -0.3 is 9.80 Å². The van der Waals surface area contributed by atoms with Gasteiger partial charge in [-0.25, -0.2) is 14.6 Å². The molecule has 0 saturated carbocycles. The summed E-state index contributed by atoms with van der Waals surface area (Å²) in [6.07, 6.45) is 10.6. The quantitative estimate of drug-likeness (QED) is 0.825. The summed E-state index contributed by atoms with van der Waals surface area (Å²) in [6, 6.07) is 2.42. The molecule has 2 saturated heterocycles. The lowest BCUT2D eigenvalue weighted by Crippen LogP contribution is -2.54. The summed E-state index contributed by atoms with van der Waals surface area (Å²) in [4.78, 5) is 26.4. The van der Waals surface area contributed by atoms with E-state index >= 15 is 0 Å². The Labute approximate surface area is 153 Å². The Kier molecular flexibility index (Phi) is 4.81. The fraction of sp³-hybridized carbons (Fsp3) is 0.611. The lowest BCUT2D eigenvalue weighted by Gasteiger charge is -2.42. The molecule has 2 aromatic heterocycles. The van der Waals surface area contributed by atoms with Crippen molar-refractivity contribution in [3.8, 4) is 0 Å². The molecule has 0 bridgehead atoms. The van der Waals surface area contributed by atoms with Crippen LogP contribution in [0.2, 0.25) is 0 Å². The minimum absolute atomic E-state index is 0.122. The van der Waals surface area contributed by atoms with E-state index in [9.17, 15) is 4.79 Å². The van der Waals surface area contributed by atoms with Crippen LogP contribution in [-0.2, 0) is 11.3 Å².